The van der Waals surface area contributed by atoms with Crippen molar-refractivity contribution in [3.05, 3.63) is 35.9 Å². The number of methoxy groups -OCH3 is 1. The molecular weight excluding hydrogens is 282 g/mol. The predicted molar refractivity (Wildman–Crippen MR) is 82.9 cm³/mol. The Labute approximate surface area is 131 Å². The third-order valence-electron chi connectivity index (χ3n) is 2.81. The van der Waals surface area contributed by atoms with Gasteiger partial charge in [-0.15, -0.1) is 5.92 Å². The molecule has 1 aromatic rings. The van der Waals surface area contributed by atoms with E-state index >= 15 is 0 Å². The summed E-state index contributed by atoms with van der Waals surface area (Å²) in [6.07, 6.45) is 1.93. The van der Waals surface area contributed by atoms with Gasteiger partial charge in [0.1, 0.15) is 6.61 Å². The van der Waals surface area contributed by atoms with Gasteiger partial charge >= 0.3 is 12.1 Å². The van der Waals surface area contributed by atoms with Crippen molar-refractivity contribution in [2.45, 2.75) is 38.8 Å². The molecule has 0 aliphatic heterocycles. The largest absolute Gasteiger partial charge is 0.467 e. The number of hydrogen-bond acceptors (Lipinski definition) is 4. The van der Waals surface area contributed by atoms with Gasteiger partial charge in [-0.3, -0.25) is 5.32 Å². The maximum atomic E-state index is 11.7. The number of benzene rings is 1. The van der Waals surface area contributed by atoms with Crippen LogP contribution < -0.4 is 5.32 Å². The molecule has 22 heavy (non-hydrogen) atoms. The first-order chi connectivity index (χ1) is 10.7. The first-order valence-electron chi connectivity index (χ1n) is 7.20. The molecule has 1 rings (SSSR count). The van der Waals surface area contributed by atoms with E-state index in [-0.39, 0.29) is 6.61 Å². The molecule has 0 spiro atoms. The minimum absolute atomic E-state index is 0.129. The number of alkyl carbamates (subject to hydrolysis) is 1. The van der Waals surface area contributed by atoms with Crippen LogP contribution in [0.25, 0.3) is 0 Å². The highest BCUT2D eigenvalue weighted by molar-refractivity contribution is 5.84. The predicted octanol–water partition coefficient (Wildman–Crippen LogP) is 2.65. The highest BCUT2D eigenvalue weighted by Crippen LogP contribution is 2.01. The Kier molecular flexibility index (Phi) is 8.21. The molecule has 1 aromatic carbocycles. The molecule has 1 amide bonds. The molecule has 0 radical (unpaired) electrons. The van der Waals surface area contributed by atoms with Crippen molar-refractivity contribution < 1.29 is 19.1 Å². The molecule has 0 aliphatic carbocycles. The first kappa shape index (κ1) is 17.6. The van der Waals surface area contributed by atoms with Crippen LogP contribution in [0, 0.1) is 11.8 Å². The standard InChI is InChI=1S/C17H21NO4/c1-3-4-5-9-12-15(16(19)21-2)18-17(20)22-13-14-10-7-6-8-11-14/h6-8,10-11,15H,3-5,13H2,1-2H3,(H,18,20). The molecule has 0 aromatic heterocycles. The van der Waals surface area contributed by atoms with Gasteiger partial charge in [0.05, 0.1) is 7.11 Å². The third-order valence-corrected chi connectivity index (χ3v) is 2.81. The fourth-order valence-electron chi connectivity index (χ4n) is 1.59. The Hall–Kier alpha value is -2.48. The lowest BCUT2D eigenvalue weighted by molar-refractivity contribution is -0.141. The lowest BCUT2D eigenvalue weighted by Crippen LogP contribution is -2.40. The van der Waals surface area contributed by atoms with Crippen LogP contribution in [0.2, 0.25) is 0 Å². The zero-order chi connectivity index (χ0) is 16.2. The molecule has 0 heterocycles. The molecule has 1 atom stereocenters. The molecule has 0 aliphatic rings. The van der Waals surface area contributed by atoms with E-state index in [0.717, 1.165) is 18.4 Å². The lowest BCUT2D eigenvalue weighted by atomic mass is 10.2. The summed E-state index contributed by atoms with van der Waals surface area (Å²) in [6.45, 7) is 2.18. The summed E-state index contributed by atoms with van der Waals surface area (Å²) in [5.41, 5.74) is 0.862. The zero-order valence-corrected chi connectivity index (χ0v) is 12.9. The number of nitrogens with one attached hydrogen (secondary N) is 1. The van der Waals surface area contributed by atoms with Crippen molar-refractivity contribution in [1.82, 2.24) is 5.32 Å². The van der Waals surface area contributed by atoms with Gasteiger partial charge in [0, 0.05) is 6.42 Å². The second-order valence-corrected chi connectivity index (χ2v) is 4.59. The Morgan fingerprint density at radius 1 is 1.27 bits per heavy atom. The fraction of sp³-hybridized carbons (Fsp3) is 0.412. The quantitative estimate of drug-likeness (QED) is 0.498. The summed E-state index contributed by atoms with van der Waals surface area (Å²) < 4.78 is 9.68. The highest BCUT2D eigenvalue weighted by atomic mass is 16.6. The number of carbonyl (C=O) groups is 2. The number of ether oxygens (including phenoxy) is 2. The second-order valence-electron chi connectivity index (χ2n) is 4.59. The van der Waals surface area contributed by atoms with Gasteiger partial charge in [-0.05, 0) is 12.0 Å². The van der Waals surface area contributed by atoms with E-state index in [1.54, 1.807) is 0 Å². The summed E-state index contributed by atoms with van der Waals surface area (Å²) in [5, 5.41) is 2.41. The molecule has 0 saturated carbocycles. The minimum Gasteiger partial charge on any atom is -0.467 e. The van der Waals surface area contributed by atoms with Crippen molar-refractivity contribution in [3.8, 4) is 11.8 Å². The van der Waals surface area contributed by atoms with E-state index in [0.29, 0.717) is 6.42 Å². The number of esters is 1. The van der Waals surface area contributed by atoms with Gasteiger partial charge < -0.3 is 9.47 Å². The summed E-state index contributed by atoms with van der Waals surface area (Å²) in [7, 11) is 1.25. The van der Waals surface area contributed by atoms with Crippen molar-refractivity contribution >= 4 is 12.1 Å². The Balaban J connectivity index is 2.51. The Bertz CT molecular complexity index is 531. The van der Waals surface area contributed by atoms with E-state index in [4.69, 9.17) is 4.74 Å². The number of amides is 1. The number of rotatable bonds is 6. The van der Waals surface area contributed by atoms with Crippen LogP contribution in [-0.4, -0.2) is 25.2 Å². The summed E-state index contributed by atoms with van der Waals surface area (Å²) in [5.74, 6) is 4.95. The highest BCUT2D eigenvalue weighted by Gasteiger charge is 2.19. The molecule has 118 valence electrons. The van der Waals surface area contributed by atoms with Crippen LogP contribution in [0.5, 0.6) is 0 Å². The Morgan fingerprint density at radius 2 is 2.00 bits per heavy atom. The maximum Gasteiger partial charge on any atom is 0.408 e. The average Bonchev–Trinajstić information content (AvgIpc) is 2.56. The van der Waals surface area contributed by atoms with Crippen molar-refractivity contribution in [2.24, 2.45) is 0 Å². The number of hydrogen-bond donors (Lipinski definition) is 1. The third kappa shape index (κ3) is 6.80. The van der Waals surface area contributed by atoms with E-state index in [9.17, 15) is 9.59 Å². The topological polar surface area (TPSA) is 64.6 Å². The molecule has 5 heteroatoms. The monoisotopic (exact) mass is 303 g/mol. The van der Waals surface area contributed by atoms with Gasteiger partial charge in [0.25, 0.3) is 0 Å². The van der Waals surface area contributed by atoms with Gasteiger partial charge in [0.15, 0.2) is 6.04 Å². The molecular formula is C17H21NO4. The van der Waals surface area contributed by atoms with Gasteiger partial charge in [-0.25, -0.2) is 9.59 Å². The molecule has 5 nitrogen and oxygen atoms in total. The van der Waals surface area contributed by atoms with Crippen LogP contribution in [-0.2, 0) is 20.9 Å². The number of carbonyl (C=O) groups excluding carboxylic acids is 2. The van der Waals surface area contributed by atoms with Gasteiger partial charge in [-0.1, -0.05) is 49.6 Å². The van der Waals surface area contributed by atoms with Crippen LogP contribution in [0.15, 0.2) is 30.3 Å². The average molecular weight is 303 g/mol. The van der Waals surface area contributed by atoms with E-state index in [1.165, 1.54) is 7.11 Å². The minimum atomic E-state index is -1.01. The zero-order valence-electron chi connectivity index (χ0n) is 12.9. The van der Waals surface area contributed by atoms with E-state index < -0.39 is 18.1 Å². The van der Waals surface area contributed by atoms with Crippen molar-refractivity contribution in [1.29, 1.82) is 0 Å². The lowest BCUT2D eigenvalue weighted by Gasteiger charge is -2.11. The van der Waals surface area contributed by atoms with Gasteiger partial charge in [-0.2, -0.15) is 0 Å². The molecule has 1 unspecified atom stereocenters. The first-order valence-corrected chi connectivity index (χ1v) is 7.20. The van der Waals surface area contributed by atoms with Crippen LogP contribution in [0.3, 0.4) is 0 Å². The van der Waals surface area contributed by atoms with Crippen LogP contribution in [0.4, 0.5) is 4.79 Å². The smallest absolute Gasteiger partial charge is 0.408 e. The maximum absolute atomic E-state index is 11.7. The summed E-state index contributed by atoms with van der Waals surface area (Å²) in [6, 6.07) is 8.26. The van der Waals surface area contributed by atoms with Crippen LogP contribution >= 0.6 is 0 Å². The van der Waals surface area contributed by atoms with Crippen molar-refractivity contribution in [2.75, 3.05) is 7.11 Å². The SMILES string of the molecule is CCCCC#CC(NC(=O)OCc1ccccc1)C(=O)OC. The second kappa shape index (κ2) is 10.3. The number of unbranched alkanes of at least 4 members (excludes halogenated alkanes) is 2. The molecule has 0 bridgehead atoms. The van der Waals surface area contributed by atoms with E-state index in [1.807, 2.05) is 30.3 Å². The normalized spacial score (nSPS) is 10.8. The molecule has 0 saturated heterocycles. The van der Waals surface area contributed by atoms with Crippen LogP contribution in [0.1, 0.15) is 31.7 Å². The Morgan fingerprint density at radius 3 is 2.64 bits per heavy atom. The van der Waals surface area contributed by atoms with E-state index in [2.05, 4.69) is 28.8 Å². The molecule has 1 N–H and O–H groups in total. The summed E-state index contributed by atoms with van der Waals surface area (Å²) >= 11 is 0. The van der Waals surface area contributed by atoms with Gasteiger partial charge in [0.2, 0.25) is 0 Å². The fourth-order valence-corrected chi connectivity index (χ4v) is 1.59. The summed E-state index contributed by atoms with van der Waals surface area (Å²) in [4.78, 5) is 23.3. The van der Waals surface area contributed by atoms with Crippen molar-refractivity contribution in [3.63, 3.8) is 0 Å². The molecule has 0 fully saturated rings.